The van der Waals surface area contributed by atoms with Gasteiger partial charge in [-0.05, 0) is 17.7 Å². The van der Waals surface area contributed by atoms with Crippen molar-refractivity contribution in [3.8, 4) is 6.07 Å². The second kappa shape index (κ2) is 3.42. The molecule has 0 atom stereocenters. The van der Waals surface area contributed by atoms with Crippen LogP contribution in [0.4, 0.5) is 11.8 Å². The van der Waals surface area contributed by atoms with Crippen molar-refractivity contribution >= 4 is 22.7 Å². The summed E-state index contributed by atoms with van der Waals surface area (Å²) in [5.41, 5.74) is 12.8. The molecule has 0 aliphatic carbocycles. The van der Waals surface area contributed by atoms with Crippen LogP contribution in [0.25, 0.3) is 10.9 Å². The Hall–Kier alpha value is -2.35. The largest absolute Gasteiger partial charge is 0.383 e. The van der Waals surface area contributed by atoms with Gasteiger partial charge in [0, 0.05) is 5.39 Å². The molecule has 2 rings (SSSR count). The van der Waals surface area contributed by atoms with Gasteiger partial charge in [-0.2, -0.15) is 10.2 Å². The number of fused-ring (bicyclic) bond motifs is 1. The Morgan fingerprint density at radius 3 is 2.80 bits per heavy atom. The van der Waals surface area contributed by atoms with Crippen LogP contribution >= 0.6 is 0 Å². The molecule has 0 saturated carbocycles. The number of hydrogen-bond donors (Lipinski definition) is 2. The van der Waals surface area contributed by atoms with Gasteiger partial charge in [0.15, 0.2) is 0 Å². The maximum Gasteiger partial charge on any atom is 0.222 e. The Balaban J connectivity index is 2.67. The Morgan fingerprint density at radius 2 is 2.07 bits per heavy atom. The normalized spacial score (nSPS) is 10.1. The van der Waals surface area contributed by atoms with Gasteiger partial charge in [-0.1, -0.05) is 6.07 Å². The summed E-state index contributed by atoms with van der Waals surface area (Å²) in [6.07, 6.45) is 0.347. The minimum absolute atomic E-state index is 0.160. The number of hydrogen-bond acceptors (Lipinski definition) is 5. The first kappa shape index (κ1) is 9.21. The standard InChI is InChI=1S/C10H9N5/c11-4-3-6-1-2-8-7(5-6)9(12)15-10(13)14-8/h1-2,5H,3H2,(H4,12,13,14,15). The number of benzene rings is 1. The molecule has 1 aromatic carbocycles. The highest BCUT2D eigenvalue weighted by Gasteiger charge is 2.03. The van der Waals surface area contributed by atoms with Crippen molar-refractivity contribution in [1.29, 1.82) is 5.26 Å². The summed E-state index contributed by atoms with van der Waals surface area (Å²) in [4.78, 5) is 7.91. The minimum Gasteiger partial charge on any atom is -0.383 e. The van der Waals surface area contributed by atoms with Crippen molar-refractivity contribution in [1.82, 2.24) is 9.97 Å². The summed E-state index contributed by atoms with van der Waals surface area (Å²) in [6.45, 7) is 0. The van der Waals surface area contributed by atoms with Crippen LogP contribution in [0.3, 0.4) is 0 Å². The van der Waals surface area contributed by atoms with E-state index in [9.17, 15) is 0 Å². The maximum absolute atomic E-state index is 8.57. The lowest BCUT2D eigenvalue weighted by atomic mass is 10.1. The van der Waals surface area contributed by atoms with Crippen LogP contribution in [-0.2, 0) is 6.42 Å². The molecule has 5 nitrogen and oxygen atoms in total. The lowest BCUT2D eigenvalue weighted by molar-refractivity contribution is 1.23. The van der Waals surface area contributed by atoms with E-state index >= 15 is 0 Å². The molecule has 4 N–H and O–H groups in total. The van der Waals surface area contributed by atoms with E-state index in [1.807, 2.05) is 12.1 Å². The predicted octanol–water partition coefficient (Wildman–Crippen LogP) is 0.860. The van der Waals surface area contributed by atoms with Gasteiger partial charge in [-0.15, -0.1) is 0 Å². The van der Waals surface area contributed by atoms with Crippen LogP contribution in [0.5, 0.6) is 0 Å². The van der Waals surface area contributed by atoms with E-state index < -0.39 is 0 Å². The first-order chi connectivity index (χ1) is 7.20. The maximum atomic E-state index is 8.57. The summed E-state index contributed by atoms with van der Waals surface area (Å²) in [6, 6.07) is 7.50. The van der Waals surface area contributed by atoms with Gasteiger partial charge in [0.25, 0.3) is 0 Å². The van der Waals surface area contributed by atoms with E-state index in [0.717, 1.165) is 10.9 Å². The SMILES string of the molecule is N#CCc1ccc2nc(N)nc(N)c2c1. The van der Waals surface area contributed by atoms with Crippen molar-refractivity contribution in [2.24, 2.45) is 0 Å². The van der Waals surface area contributed by atoms with Gasteiger partial charge in [0.2, 0.25) is 5.95 Å². The molecule has 0 bridgehead atoms. The third-order valence-electron chi connectivity index (χ3n) is 2.09. The van der Waals surface area contributed by atoms with E-state index in [0.29, 0.717) is 17.8 Å². The molecule has 74 valence electrons. The summed E-state index contributed by atoms with van der Waals surface area (Å²) in [7, 11) is 0. The van der Waals surface area contributed by atoms with Gasteiger partial charge < -0.3 is 11.5 Å². The second-order valence-electron chi connectivity index (χ2n) is 3.15. The molecule has 0 spiro atoms. The number of nitrogens with two attached hydrogens (primary N) is 2. The molecule has 1 aromatic heterocycles. The molecular formula is C10H9N5. The minimum atomic E-state index is 0.160. The fourth-order valence-electron chi connectivity index (χ4n) is 1.42. The molecular weight excluding hydrogens is 190 g/mol. The van der Waals surface area contributed by atoms with Crippen LogP contribution < -0.4 is 11.5 Å². The molecule has 0 aliphatic heterocycles. The Bertz CT molecular complexity index is 555. The fraction of sp³-hybridized carbons (Fsp3) is 0.100. The predicted molar refractivity (Wildman–Crippen MR) is 57.7 cm³/mol. The average molecular weight is 199 g/mol. The fourth-order valence-corrected chi connectivity index (χ4v) is 1.42. The van der Waals surface area contributed by atoms with E-state index in [-0.39, 0.29) is 5.95 Å². The highest BCUT2D eigenvalue weighted by molar-refractivity contribution is 5.89. The summed E-state index contributed by atoms with van der Waals surface area (Å²) >= 11 is 0. The number of nitrogen functional groups attached to an aromatic ring is 2. The molecule has 2 aromatic rings. The monoisotopic (exact) mass is 199 g/mol. The Morgan fingerprint density at radius 1 is 1.27 bits per heavy atom. The molecule has 0 amide bonds. The Kier molecular flexibility index (Phi) is 2.10. The van der Waals surface area contributed by atoms with Crippen molar-refractivity contribution in [2.45, 2.75) is 6.42 Å². The quantitative estimate of drug-likeness (QED) is 0.709. The zero-order valence-electron chi connectivity index (χ0n) is 7.94. The van der Waals surface area contributed by atoms with E-state index in [1.165, 1.54) is 0 Å². The smallest absolute Gasteiger partial charge is 0.222 e. The molecule has 15 heavy (non-hydrogen) atoms. The zero-order valence-corrected chi connectivity index (χ0v) is 7.94. The molecule has 0 radical (unpaired) electrons. The highest BCUT2D eigenvalue weighted by atomic mass is 15.0. The van der Waals surface area contributed by atoms with Gasteiger partial charge >= 0.3 is 0 Å². The number of nitriles is 1. The first-order valence-electron chi connectivity index (χ1n) is 4.39. The zero-order chi connectivity index (χ0) is 10.8. The van der Waals surface area contributed by atoms with Gasteiger partial charge in [0.05, 0.1) is 18.0 Å². The molecule has 5 heteroatoms. The van der Waals surface area contributed by atoms with Crippen molar-refractivity contribution in [3.63, 3.8) is 0 Å². The van der Waals surface area contributed by atoms with Gasteiger partial charge in [-0.3, -0.25) is 0 Å². The average Bonchev–Trinajstić information content (AvgIpc) is 2.19. The topological polar surface area (TPSA) is 102 Å². The van der Waals surface area contributed by atoms with E-state index in [2.05, 4.69) is 16.0 Å². The third kappa shape index (κ3) is 1.65. The number of rotatable bonds is 1. The summed E-state index contributed by atoms with van der Waals surface area (Å²) < 4.78 is 0. The van der Waals surface area contributed by atoms with Crippen LogP contribution in [0.15, 0.2) is 18.2 Å². The Labute approximate surface area is 86.4 Å². The highest BCUT2D eigenvalue weighted by Crippen LogP contribution is 2.20. The molecule has 0 aliphatic rings. The lowest BCUT2D eigenvalue weighted by Gasteiger charge is -2.03. The summed E-state index contributed by atoms with van der Waals surface area (Å²) in [5, 5.41) is 9.31. The van der Waals surface area contributed by atoms with E-state index in [1.54, 1.807) is 6.07 Å². The van der Waals surface area contributed by atoms with Crippen LogP contribution in [0.1, 0.15) is 5.56 Å². The third-order valence-corrected chi connectivity index (χ3v) is 2.09. The van der Waals surface area contributed by atoms with Crippen LogP contribution in [0, 0.1) is 11.3 Å². The van der Waals surface area contributed by atoms with Crippen molar-refractivity contribution < 1.29 is 0 Å². The van der Waals surface area contributed by atoms with Gasteiger partial charge in [-0.25, -0.2) is 4.98 Å². The van der Waals surface area contributed by atoms with E-state index in [4.69, 9.17) is 16.7 Å². The number of anilines is 2. The van der Waals surface area contributed by atoms with Gasteiger partial charge in [0.1, 0.15) is 5.82 Å². The molecule has 0 fully saturated rings. The molecule has 1 heterocycles. The summed E-state index contributed by atoms with van der Waals surface area (Å²) in [5.74, 6) is 0.505. The van der Waals surface area contributed by atoms with Crippen LogP contribution in [-0.4, -0.2) is 9.97 Å². The number of aromatic nitrogens is 2. The first-order valence-corrected chi connectivity index (χ1v) is 4.39. The van der Waals surface area contributed by atoms with Crippen molar-refractivity contribution in [2.75, 3.05) is 11.5 Å². The second-order valence-corrected chi connectivity index (χ2v) is 3.15. The van der Waals surface area contributed by atoms with Crippen LogP contribution in [0.2, 0.25) is 0 Å². The molecule has 0 unspecified atom stereocenters. The van der Waals surface area contributed by atoms with Crippen molar-refractivity contribution in [3.05, 3.63) is 23.8 Å². The molecule has 0 saturated heterocycles. The number of nitrogens with zero attached hydrogens (tertiary/aromatic N) is 3. The lowest BCUT2D eigenvalue weighted by Crippen LogP contribution is -2.00.